The van der Waals surface area contributed by atoms with Gasteiger partial charge in [-0.05, 0) is 43.7 Å². The Kier molecular flexibility index (Phi) is 4.65. The molecule has 1 heterocycles. The number of ether oxygens (including phenoxy) is 1. The third-order valence-electron chi connectivity index (χ3n) is 2.84. The van der Waals surface area contributed by atoms with Gasteiger partial charge < -0.3 is 15.8 Å². The van der Waals surface area contributed by atoms with E-state index in [0.29, 0.717) is 34.4 Å². The van der Waals surface area contributed by atoms with Gasteiger partial charge in [-0.15, -0.1) is 0 Å². The smallest absolute Gasteiger partial charge is 0.255 e. The fraction of sp³-hybridized carbons (Fsp3) is 0.200. The molecule has 21 heavy (non-hydrogen) atoms. The Morgan fingerprint density at radius 2 is 2.19 bits per heavy atom. The predicted octanol–water partition coefficient (Wildman–Crippen LogP) is 3.28. The second-order valence-electron chi connectivity index (χ2n) is 4.47. The molecule has 0 radical (unpaired) electrons. The first kappa shape index (κ1) is 15.1. The number of amides is 1. The van der Waals surface area contributed by atoms with Crippen molar-refractivity contribution in [2.75, 3.05) is 17.7 Å². The molecule has 5 nitrogen and oxygen atoms in total. The summed E-state index contributed by atoms with van der Waals surface area (Å²) in [6.07, 6.45) is 1.51. The van der Waals surface area contributed by atoms with Crippen molar-refractivity contribution in [2.24, 2.45) is 0 Å². The zero-order chi connectivity index (χ0) is 15.4. The monoisotopic (exact) mass is 305 g/mol. The molecule has 0 fully saturated rings. The van der Waals surface area contributed by atoms with E-state index in [0.717, 1.165) is 5.56 Å². The quantitative estimate of drug-likeness (QED) is 0.671. The maximum atomic E-state index is 12.2. The molecule has 3 N–H and O–H groups in total. The number of aromatic nitrogens is 1. The molecular formula is C15H16ClN3O2. The number of carbonyl (C=O) groups is 1. The Morgan fingerprint density at radius 1 is 1.43 bits per heavy atom. The van der Waals surface area contributed by atoms with Gasteiger partial charge in [-0.3, -0.25) is 4.79 Å². The van der Waals surface area contributed by atoms with Crippen LogP contribution in [0.5, 0.6) is 5.75 Å². The molecule has 2 aromatic rings. The largest absolute Gasteiger partial charge is 0.492 e. The second kappa shape index (κ2) is 6.45. The number of nitrogens with two attached hydrogens (primary N) is 1. The number of hydrogen-bond donors (Lipinski definition) is 2. The Labute approximate surface area is 128 Å². The molecule has 1 aromatic carbocycles. The van der Waals surface area contributed by atoms with Crippen LogP contribution in [0, 0.1) is 6.92 Å². The zero-order valence-electron chi connectivity index (χ0n) is 11.8. The molecule has 1 aromatic heterocycles. The van der Waals surface area contributed by atoms with E-state index in [-0.39, 0.29) is 5.91 Å². The lowest BCUT2D eigenvalue weighted by Crippen LogP contribution is -2.13. The molecule has 2 rings (SSSR count). The summed E-state index contributed by atoms with van der Waals surface area (Å²) >= 11 is 5.85. The van der Waals surface area contributed by atoms with E-state index < -0.39 is 0 Å². The summed E-state index contributed by atoms with van der Waals surface area (Å²) < 4.78 is 5.34. The average molecular weight is 306 g/mol. The minimum atomic E-state index is -0.270. The topological polar surface area (TPSA) is 77.2 Å². The Hall–Kier alpha value is -2.27. The molecule has 0 atom stereocenters. The number of pyridine rings is 1. The van der Waals surface area contributed by atoms with Crippen LogP contribution in [0.25, 0.3) is 0 Å². The number of nitrogens with zero attached hydrogens (tertiary/aromatic N) is 1. The van der Waals surface area contributed by atoms with Gasteiger partial charge in [0.05, 0.1) is 24.2 Å². The standard InChI is InChI=1S/C15H16ClN3O2/c1-3-21-13-5-4-10(7-12(13)17)15(20)19-11-6-9(2)14(16)18-8-11/h4-8H,3,17H2,1-2H3,(H,19,20). The highest BCUT2D eigenvalue weighted by molar-refractivity contribution is 6.30. The molecule has 0 aliphatic heterocycles. The molecule has 110 valence electrons. The first-order valence-electron chi connectivity index (χ1n) is 6.47. The number of carbonyl (C=O) groups excluding carboxylic acids is 1. The van der Waals surface area contributed by atoms with Crippen LogP contribution in [0.4, 0.5) is 11.4 Å². The molecule has 0 aliphatic rings. The van der Waals surface area contributed by atoms with Crippen LogP contribution in [-0.2, 0) is 0 Å². The molecular weight excluding hydrogens is 290 g/mol. The Bertz CT molecular complexity index is 674. The van der Waals surface area contributed by atoms with Crippen LogP contribution < -0.4 is 15.8 Å². The third-order valence-corrected chi connectivity index (χ3v) is 3.24. The lowest BCUT2D eigenvalue weighted by atomic mass is 10.1. The highest BCUT2D eigenvalue weighted by Gasteiger charge is 2.10. The first-order chi connectivity index (χ1) is 10.0. The minimum Gasteiger partial charge on any atom is -0.492 e. The van der Waals surface area contributed by atoms with Gasteiger partial charge in [0.1, 0.15) is 10.9 Å². The highest BCUT2D eigenvalue weighted by Crippen LogP contribution is 2.23. The van der Waals surface area contributed by atoms with Crippen molar-refractivity contribution >= 4 is 28.9 Å². The summed E-state index contributed by atoms with van der Waals surface area (Å²) in [5, 5.41) is 3.16. The fourth-order valence-corrected chi connectivity index (χ4v) is 1.91. The van der Waals surface area contributed by atoms with Crippen LogP contribution in [-0.4, -0.2) is 17.5 Å². The normalized spacial score (nSPS) is 10.2. The first-order valence-corrected chi connectivity index (χ1v) is 6.85. The highest BCUT2D eigenvalue weighted by atomic mass is 35.5. The van der Waals surface area contributed by atoms with Gasteiger partial charge in [0.2, 0.25) is 0 Å². The summed E-state index contributed by atoms with van der Waals surface area (Å²) in [5.41, 5.74) is 8.09. The SMILES string of the molecule is CCOc1ccc(C(=O)Nc2cnc(Cl)c(C)c2)cc1N. The maximum absolute atomic E-state index is 12.2. The van der Waals surface area contributed by atoms with Crippen LogP contribution in [0.2, 0.25) is 5.15 Å². The number of halogens is 1. The van der Waals surface area contributed by atoms with Gasteiger partial charge >= 0.3 is 0 Å². The lowest BCUT2D eigenvalue weighted by molar-refractivity contribution is 0.102. The molecule has 0 unspecified atom stereocenters. The molecule has 0 bridgehead atoms. The van der Waals surface area contributed by atoms with Crippen molar-refractivity contribution in [3.8, 4) is 5.75 Å². The number of nitrogens with one attached hydrogen (secondary N) is 1. The number of aryl methyl sites for hydroxylation is 1. The predicted molar refractivity (Wildman–Crippen MR) is 84.0 cm³/mol. The van der Waals surface area contributed by atoms with Crippen LogP contribution in [0.15, 0.2) is 30.5 Å². The number of rotatable bonds is 4. The van der Waals surface area contributed by atoms with Crippen LogP contribution >= 0.6 is 11.6 Å². The number of hydrogen-bond acceptors (Lipinski definition) is 4. The van der Waals surface area contributed by atoms with E-state index in [9.17, 15) is 4.79 Å². The van der Waals surface area contributed by atoms with Crippen LogP contribution in [0.1, 0.15) is 22.8 Å². The molecule has 1 amide bonds. The van der Waals surface area contributed by atoms with Crippen molar-refractivity contribution in [3.63, 3.8) is 0 Å². The van der Waals surface area contributed by atoms with Crippen molar-refractivity contribution in [3.05, 3.63) is 46.7 Å². The molecule has 0 spiro atoms. The van der Waals surface area contributed by atoms with Gasteiger partial charge in [0, 0.05) is 5.56 Å². The van der Waals surface area contributed by atoms with Gasteiger partial charge in [-0.2, -0.15) is 0 Å². The number of anilines is 2. The Balaban J connectivity index is 2.16. The zero-order valence-corrected chi connectivity index (χ0v) is 12.6. The summed E-state index contributed by atoms with van der Waals surface area (Å²) in [7, 11) is 0. The number of benzene rings is 1. The molecule has 0 aliphatic carbocycles. The summed E-state index contributed by atoms with van der Waals surface area (Å²) in [4.78, 5) is 16.2. The van der Waals surface area contributed by atoms with E-state index in [1.165, 1.54) is 6.20 Å². The maximum Gasteiger partial charge on any atom is 0.255 e. The van der Waals surface area contributed by atoms with Gasteiger partial charge in [0.15, 0.2) is 0 Å². The summed E-state index contributed by atoms with van der Waals surface area (Å²) in [6.45, 7) is 4.21. The van der Waals surface area contributed by atoms with E-state index in [1.807, 2.05) is 13.8 Å². The van der Waals surface area contributed by atoms with Gasteiger partial charge in [-0.1, -0.05) is 11.6 Å². The van der Waals surface area contributed by atoms with E-state index >= 15 is 0 Å². The third kappa shape index (κ3) is 3.64. The van der Waals surface area contributed by atoms with E-state index in [2.05, 4.69) is 10.3 Å². The van der Waals surface area contributed by atoms with Crippen LogP contribution in [0.3, 0.4) is 0 Å². The van der Waals surface area contributed by atoms with E-state index in [1.54, 1.807) is 24.3 Å². The van der Waals surface area contributed by atoms with Crippen molar-refractivity contribution < 1.29 is 9.53 Å². The Morgan fingerprint density at radius 3 is 2.81 bits per heavy atom. The average Bonchev–Trinajstić information content (AvgIpc) is 2.45. The lowest BCUT2D eigenvalue weighted by Gasteiger charge is -2.10. The van der Waals surface area contributed by atoms with Crippen molar-refractivity contribution in [1.29, 1.82) is 0 Å². The number of nitrogen functional groups attached to an aromatic ring is 1. The minimum absolute atomic E-state index is 0.270. The molecule has 0 saturated carbocycles. The second-order valence-corrected chi connectivity index (χ2v) is 4.83. The van der Waals surface area contributed by atoms with Gasteiger partial charge in [-0.25, -0.2) is 4.98 Å². The fourth-order valence-electron chi connectivity index (χ4n) is 1.81. The van der Waals surface area contributed by atoms with Crippen molar-refractivity contribution in [2.45, 2.75) is 13.8 Å². The molecule has 6 heteroatoms. The summed E-state index contributed by atoms with van der Waals surface area (Å²) in [6, 6.07) is 6.67. The molecule has 0 saturated heterocycles. The van der Waals surface area contributed by atoms with E-state index in [4.69, 9.17) is 22.1 Å². The summed E-state index contributed by atoms with van der Waals surface area (Å²) in [5.74, 6) is 0.298. The van der Waals surface area contributed by atoms with Crippen molar-refractivity contribution in [1.82, 2.24) is 4.98 Å². The van der Waals surface area contributed by atoms with Gasteiger partial charge in [0.25, 0.3) is 5.91 Å².